The minimum Gasteiger partial charge on any atom is -0.462 e. The molecule has 1 fully saturated rings. The minimum atomic E-state index is -0.396. The summed E-state index contributed by atoms with van der Waals surface area (Å²) < 4.78 is 17.9. The zero-order valence-electron chi connectivity index (χ0n) is 18.0. The molecule has 2 aromatic carbocycles. The van der Waals surface area contributed by atoms with E-state index in [1.54, 1.807) is 22.8 Å². The van der Waals surface area contributed by atoms with Crippen molar-refractivity contribution in [1.82, 2.24) is 9.47 Å². The Kier molecular flexibility index (Phi) is 6.53. The molecule has 7 heteroatoms. The first-order chi connectivity index (χ1) is 15.0. The SMILES string of the molecule is CC1CN(Cc2ccc(C(=O)OCCCn3c(=O)oc4ccccc43)cc2)CC(C)O1. The van der Waals surface area contributed by atoms with Crippen LogP contribution in [-0.2, 0) is 22.6 Å². The molecule has 0 saturated carbocycles. The van der Waals surface area contributed by atoms with Gasteiger partial charge in [0.15, 0.2) is 5.58 Å². The molecule has 1 aliphatic heterocycles. The molecule has 164 valence electrons. The van der Waals surface area contributed by atoms with E-state index in [4.69, 9.17) is 13.9 Å². The van der Waals surface area contributed by atoms with Gasteiger partial charge in [0.2, 0.25) is 0 Å². The number of benzene rings is 2. The molecule has 0 bridgehead atoms. The van der Waals surface area contributed by atoms with Gasteiger partial charge in [-0.1, -0.05) is 24.3 Å². The highest BCUT2D eigenvalue weighted by Crippen LogP contribution is 2.15. The van der Waals surface area contributed by atoms with Crippen LogP contribution in [0.15, 0.2) is 57.7 Å². The average Bonchev–Trinajstić information content (AvgIpc) is 3.06. The molecule has 4 rings (SSSR count). The Morgan fingerprint density at radius 1 is 1.06 bits per heavy atom. The highest BCUT2D eigenvalue weighted by atomic mass is 16.5. The lowest BCUT2D eigenvalue weighted by molar-refractivity contribution is -0.0704. The Balaban J connectivity index is 1.26. The topological polar surface area (TPSA) is 73.9 Å². The van der Waals surface area contributed by atoms with E-state index in [-0.39, 0.29) is 24.8 Å². The van der Waals surface area contributed by atoms with Crippen LogP contribution in [0.1, 0.15) is 36.2 Å². The van der Waals surface area contributed by atoms with Gasteiger partial charge in [0.05, 0.1) is 29.9 Å². The third kappa shape index (κ3) is 5.24. The summed E-state index contributed by atoms with van der Waals surface area (Å²) in [4.78, 5) is 26.7. The van der Waals surface area contributed by atoms with Crippen molar-refractivity contribution in [1.29, 1.82) is 0 Å². The molecule has 31 heavy (non-hydrogen) atoms. The molecule has 3 aromatic rings. The largest absolute Gasteiger partial charge is 0.462 e. The first-order valence-corrected chi connectivity index (χ1v) is 10.7. The summed E-state index contributed by atoms with van der Waals surface area (Å²) in [5.41, 5.74) is 2.99. The average molecular weight is 424 g/mol. The molecule has 0 radical (unpaired) electrons. The van der Waals surface area contributed by atoms with Crippen LogP contribution in [0.2, 0.25) is 0 Å². The Morgan fingerprint density at radius 3 is 2.52 bits per heavy atom. The van der Waals surface area contributed by atoms with Crippen molar-refractivity contribution in [2.45, 2.75) is 45.6 Å². The molecule has 1 saturated heterocycles. The lowest BCUT2D eigenvalue weighted by Gasteiger charge is -2.35. The molecule has 0 spiro atoms. The van der Waals surface area contributed by atoms with E-state index in [1.807, 2.05) is 30.3 Å². The van der Waals surface area contributed by atoms with E-state index in [2.05, 4.69) is 18.7 Å². The maximum atomic E-state index is 12.3. The fourth-order valence-electron chi connectivity index (χ4n) is 4.11. The number of fused-ring (bicyclic) bond motifs is 1. The number of ether oxygens (including phenoxy) is 2. The molecule has 2 heterocycles. The van der Waals surface area contributed by atoms with E-state index < -0.39 is 5.76 Å². The molecule has 0 amide bonds. The lowest BCUT2D eigenvalue weighted by atomic mass is 10.1. The van der Waals surface area contributed by atoms with Gasteiger partial charge < -0.3 is 13.9 Å². The van der Waals surface area contributed by atoms with Gasteiger partial charge in [0.1, 0.15) is 0 Å². The van der Waals surface area contributed by atoms with Crippen LogP contribution >= 0.6 is 0 Å². The van der Waals surface area contributed by atoms with Crippen LogP contribution in [0, 0.1) is 0 Å². The van der Waals surface area contributed by atoms with Crippen LogP contribution in [-0.4, -0.2) is 47.3 Å². The van der Waals surface area contributed by atoms with Gasteiger partial charge in [-0.25, -0.2) is 9.59 Å². The molecular formula is C24H28N2O5. The number of hydrogen-bond acceptors (Lipinski definition) is 6. The van der Waals surface area contributed by atoms with E-state index in [1.165, 1.54) is 0 Å². The summed E-state index contributed by atoms with van der Waals surface area (Å²) in [5, 5.41) is 0. The number of aromatic nitrogens is 1. The lowest BCUT2D eigenvalue weighted by Crippen LogP contribution is -2.44. The number of aryl methyl sites for hydroxylation is 1. The molecule has 2 atom stereocenters. The number of para-hydroxylation sites is 2. The normalized spacial score (nSPS) is 19.5. The van der Waals surface area contributed by atoms with Crippen molar-refractivity contribution >= 4 is 17.1 Å². The Bertz CT molecular complexity index is 1080. The number of esters is 1. The molecule has 0 N–H and O–H groups in total. The van der Waals surface area contributed by atoms with Crippen molar-refractivity contribution in [3.05, 3.63) is 70.2 Å². The highest BCUT2D eigenvalue weighted by molar-refractivity contribution is 5.89. The molecule has 7 nitrogen and oxygen atoms in total. The predicted octanol–water partition coefficient (Wildman–Crippen LogP) is 3.45. The third-order valence-electron chi connectivity index (χ3n) is 5.42. The van der Waals surface area contributed by atoms with Crippen LogP contribution in [0.3, 0.4) is 0 Å². The van der Waals surface area contributed by atoms with Crippen molar-refractivity contribution in [2.24, 2.45) is 0 Å². The number of nitrogens with zero attached hydrogens (tertiary/aromatic N) is 2. The van der Waals surface area contributed by atoms with Gasteiger partial charge in [-0.3, -0.25) is 9.47 Å². The number of morpholine rings is 1. The Labute approximate surface area is 181 Å². The zero-order valence-corrected chi connectivity index (χ0v) is 18.0. The summed E-state index contributed by atoms with van der Waals surface area (Å²) >= 11 is 0. The van der Waals surface area contributed by atoms with Crippen LogP contribution in [0.4, 0.5) is 0 Å². The van der Waals surface area contributed by atoms with E-state index in [0.29, 0.717) is 24.1 Å². The molecule has 2 unspecified atom stereocenters. The van der Waals surface area contributed by atoms with E-state index in [9.17, 15) is 9.59 Å². The van der Waals surface area contributed by atoms with E-state index >= 15 is 0 Å². The maximum absolute atomic E-state index is 12.3. The van der Waals surface area contributed by atoms with Gasteiger partial charge in [0, 0.05) is 26.2 Å². The van der Waals surface area contributed by atoms with Gasteiger partial charge in [-0.05, 0) is 50.1 Å². The summed E-state index contributed by atoms with van der Waals surface area (Å²) in [7, 11) is 0. The first kappa shape index (κ1) is 21.3. The van der Waals surface area contributed by atoms with Gasteiger partial charge in [-0.15, -0.1) is 0 Å². The van der Waals surface area contributed by atoms with Gasteiger partial charge in [-0.2, -0.15) is 0 Å². The summed E-state index contributed by atoms with van der Waals surface area (Å²) in [6.45, 7) is 7.49. The second-order valence-corrected chi connectivity index (χ2v) is 8.13. The molecular weight excluding hydrogens is 396 g/mol. The zero-order chi connectivity index (χ0) is 21.8. The molecule has 0 aliphatic carbocycles. The van der Waals surface area contributed by atoms with Crippen LogP contribution < -0.4 is 5.76 Å². The second kappa shape index (κ2) is 9.49. The van der Waals surface area contributed by atoms with Crippen molar-refractivity contribution < 1.29 is 18.7 Å². The van der Waals surface area contributed by atoms with Crippen molar-refractivity contribution in [2.75, 3.05) is 19.7 Å². The molecule has 1 aliphatic rings. The van der Waals surface area contributed by atoms with Crippen molar-refractivity contribution in [3.63, 3.8) is 0 Å². The standard InChI is InChI=1S/C24H28N2O5/c1-17-14-25(15-18(2)30-17)16-19-8-10-20(11-9-19)23(27)29-13-5-12-26-21-6-3-4-7-22(21)31-24(26)28/h3-4,6-11,17-18H,5,12-16H2,1-2H3. The fourth-order valence-corrected chi connectivity index (χ4v) is 4.11. The second-order valence-electron chi connectivity index (χ2n) is 8.13. The third-order valence-corrected chi connectivity index (χ3v) is 5.42. The number of carbonyl (C=O) groups is 1. The minimum absolute atomic E-state index is 0.230. The van der Waals surface area contributed by atoms with Crippen LogP contribution in [0.25, 0.3) is 11.1 Å². The van der Waals surface area contributed by atoms with Crippen molar-refractivity contribution in [3.8, 4) is 0 Å². The predicted molar refractivity (Wildman–Crippen MR) is 117 cm³/mol. The summed E-state index contributed by atoms with van der Waals surface area (Å²) in [6, 6.07) is 14.8. The number of carbonyl (C=O) groups excluding carboxylic acids is 1. The smallest absolute Gasteiger partial charge is 0.419 e. The van der Waals surface area contributed by atoms with E-state index in [0.717, 1.165) is 30.7 Å². The van der Waals surface area contributed by atoms with Crippen LogP contribution in [0.5, 0.6) is 0 Å². The highest BCUT2D eigenvalue weighted by Gasteiger charge is 2.22. The Hall–Kier alpha value is -2.90. The monoisotopic (exact) mass is 424 g/mol. The van der Waals surface area contributed by atoms with Gasteiger partial charge in [0.25, 0.3) is 0 Å². The summed E-state index contributed by atoms with van der Waals surface area (Å²) in [6.07, 6.45) is 0.989. The number of oxazole rings is 1. The Morgan fingerprint density at radius 2 is 1.77 bits per heavy atom. The van der Waals surface area contributed by atoms with Gasteiger partial charge >= 0.3 is 11.7 Å². The number of hydrogen-bond donors (Lipinski definition) is 0. The fraction of sp³-hybridized carbons (Fsp3) is 0.417. The number of rotatable bonds is 7. The summed E-state index contributed by atoms with van der Waals surface area (Å²) in [5.74, 6) is -0.753. The quantitative estimate of drug-likeness (QED) is 0.427. The first-order valence-electron chi connectivity index (χ1n) is 10.7. The molecule has 1 aromatic heterocycles. The maximum Gasteiger partial charge on any atom is 0.419 e.